The van der Waals surface area contributed by atoms with E-state index in [0.717, 1.165) is 6.07 Å². The lowest BCUT2D eigenvalue weighted by atomic mass is 10.1. The zero-order valence-electron chi connectivity index (χ0n) is 9.93. The molecule has 0 aliphatic rings. The fraction of sp³-hybridized carbons (Fsp3) is 0.500. The van der Waals surface area contributed by atoms with Gasteiger partial charge >= 0.3 is 0 Å². The van der Waals surface area contributed by atoms with Crippen LogP contribution in [-0.4, -0.2) is 26.2 Å². The Balaban J connectivity index is 2.36. The van der Waals surface area contributed by atoms with Gasteiger partial charge in [-0.1, -0.05) is 12.1 Å². The first-order valence-electron chi connectivity index (χ1n) is 5.55. The van der Waals surface area contributed by atoms with E-state index in [0.29, 0.717) is 0 Å². The third-order valence-corrected chi connectivity index (χ3v) is 2.39. The molecular weight excluding hydrogens is 250 g/mol. The molecule has 0 bridgehead atoms. The number of halogens is 4. The fourth-order valence-corrected chi connectivity index (χ4v) is 1.48. The molecule has 0 saturated heterocycles. The van der Waals surface area contributed by atoms with E-state index in [9.17, 15) is 17.6 Å². The lowest BCUT2D eigenvalue weighted by molar-refractivity contribution is 0.0183. The van der Waals surface area contributed by atoms with Crippen molar-refractivity contribution in [2.45, 2.75) is 19.4 Å². The number of alkyl halides is 2. The van der Waals surface area contributed by atoms with Crippen molar-refractivity contribution < 1.29 is 22.3 Å². The maximum atomic E-state index is 13.4. The highest BCUT2D eigenvalue weighted by molar-refractivity contribution is 5.21. The Kier molecular flexibility index (Phi) is 6.07. The molecule has 18 heavy (non-hydrogen) atoms. The van der Waals surface area contributed by atoms with Gasteiger partial charge in [0.15, 0.2) is 11.6 Å². The van der Waals surface area contributed by atoms with Gasteiger partial charge in [0.05, 0.1) is 6.61 Å². The first kappa shape index (κ1) is 14.9. The molecule has 0 aliphatic carbocycles. The Morgan fingerprint density at radius 3 is 2.67 bits per heavy atom. The van der Waals surface area contributed by atoms with Crippen molar-refractivity contribution in [3.05, 3.63) is 35.4 Å². The monoisotopic (exact) mass is 265 g/mol. The molecule has 0 amide bonds. The minimum absolute atomic E-state index is 0.0889. The lowest BCUT2D eigenvalue weighted by Gasteiger charge is -2.15. The molecule has 0 aliphatic heterocycles. The van der Waals surface area contributed by atoms with Gasteiger partial charge in [0.25, 0.3) is 6.43 Å². The van der Waals surface area contributed by atoms with Crippen LogP contribution in [0.5, 0.6) is 0 Å². The average Bonchev–Trinajstić information content (AvgIpc) is 2.31. The van der Waals surface area contributed by atoms with Crippen LogP contribution in [0, 0.1) is 11.6 Å². The van der Waals surface area contributed by atoms with Crippen molar-refractivity contribution in [3.8, 4) is 0 Å². The summed E-state index contributed by atoms with van der Waals surface area (Å²) < 4.78 is 54.5. The molecule has 2 nitrogen and oxygen atoms in total. The van der Waals surface area contributed by atoms with Crippen molar-refractivity contribution in [1.82, 2.24) is 5.32 Å². The van der Waals surface area contributed by atoms with Gasteiger partial charge in [-0.15, -0.1) is 0 Å². The molecule has 1 atom stereocenters. The Morgan fingerprint density at radius 1 is 1.28 bits per heavy atom. The normalized spacial score (nSPS) is 13.0. The van der Waals surface area contributed by atoms with E-state index < -0.39 is 30.7 Å². The highest BCUT2D eigenvalue weighted by Crippen LogP contribution is 2.18. The maximum absolute atomic E-state index is 13.4. The second kappa shape index (κ2) is 7.33. The molecule has 1 N–H and O–H groups in total. The minimum Gasteiger partial charge on any atom is -0.374 e. The summed E-state index contributed by atoms with van der Waals surface area (Å²) in [6.07, 6.45) is -2.50. The molecule has 1 aromatic carbocycles. The van der Waals surface area contributed by atoms with Gasteiger partial charge in [-0.2, -0.15) is 0 Å². The van der Waals surface area contributed by atoms with Crippen LogP contribution in [-0.2, 0) is 4.74 Å². The predicted octanol–water partition coefficient (Wildman–Crippen LogP) is 2.90. The Hall–Kier alpha value is -1.14. The first-order chi connectivity index (χ1) is 8.52. The Morgan fingerprint density at radius 2 is 2.00 bits per heavy atom. The summed E-state index contributed by atoms with van der Waals surface area (Å²) >= 11 is 0. The van der Waals surface area contributed by atoms with Crippen LogP contribution in [0.4, 0.5) is 17.6 Å². The predicted molar refractivity (Wildman–Crippen MR) is 59.6 cm³/mol. The number of ether oxygens (including phenoxy) is 1. The second-order valence-electron chi connectivity index (χ2n) is 3.78. The van der Waals surface area contributed by atoms with E-state index in [1.165, 1.54) is 12.1 Å². The highest BCUT2D eigenvalue weighted by atomic mass is 19.3. The number of benzene rings is 1. The first-order valence-corrected chi connectivity index (χ1v) is 5.55. The van der Waals surface area contributed by atoms with Gasteiger partial charge < -0.3 is 10.1 Å². The third kappa shape index (κ3) is 4.62. The Labute approximate surface area is 103 Å². The molecule has 0 heterocycles. The van der Waals surface area contributed by atoms with Crippen molar-refractivity contribution in [1.29, 1.82) is 0 Å². The molecule has 0 fully saturated rings. The number of rotatable bonds is 7. The standard InChI is InChI=1S/C12H15F4NO/c1-8(17-5-6-18-7-11(14)15)9-3-2-4-10(13)12(9)16/h2-4,8,11,17H,5-7H2,1H3. The topological polar surface area (TPSA) is 21.3 Å². The van der Waals surface area contributed by atoms with E-state index in [1.54, 1.807) is 6.92 Å². The molecule has 6 heteroatoms. The number of hydrogen-bond acceptors (Lipinski definition) is 2. The lowest BCUT2D eigenvalue weighted by Crippen LogP contribution is -2.25. The number of nitrogens with one attached hydrogen (secondary N) is 1. The smallest absolute Gasteiger partial charge is 0.261 e. The van der Waals surface area contributed by atoms with Crippen LogP contribution in [0.2, 0.25) is 0 Å². The summed E-state index contributed by atoms with van der Waals surface area (Å²) in [5, 5.41) is 2.86. The van der Waals surface area contributed by atoms with Gasteiger partial charge in [0, 0.05) is 18.2 Å². The van der Waals surface area contributed by atoms with Crippen LogP contribution >= 0.6 is 0 Å². The molecule has 0 saturated carbocycles. The summed E-state index contributed by atoms with van der Waals surface area (Å²) in [5.74, 6) is -1.80. The van der Waals surface area contributed by atoms with Crippen molar-refractivity contribution in [2.75, 3.05) is 19.8 Å². The molecule has 1 unspecified atom stereocenters. The number of hydrogen-bond donors (Lipinski definition) is 1. The molecule has 0 aromatic heterocycles. The molecule has 0 spiro atoms. The Bertz CT molecular complexity index is 373. The quantitative estimate of drug-likeness (QED) is 0.604. The van der Waals surface area contributed by atoms with E-state index in [-0.39, 0.29) is 18.7 Å². The van der Waals surface area contributed by atoms with Gasteiger partial charge in [-0.05, 0) is 13.0 Å². The maximum Gasteiger partial charge on any atom is 0.261 e. The van der Waals surface area contributed by atoms with Crippen molar-refractivity contribution in [3.63, 3.8) is 0 Å². The van der Waals surface area contributed by atoms with E-state index >= 15 is 0 Å². The van der Waals surface area contributed by atoms with Gasteiger partial charge in [0.2, 0.25) is 0 Å². The molecule has 1 rings (SSSR count). The largest absolute Gasteiger partial charge is 0.374 e. The average molecular weight is 265 g/mol. The van der Waals surface area contributed by atoms with Crippen LogP contribution in [0.15, 0.2) is 18.2 Å². The molecule has 1 aromatic rings. The highest BCUT2D eigenvalue weighted by Gasteiger charge is 2.13. The van der Waals surface area contributed by atoms with Crippen LogP contribution in [0.3, 0.4) is 0 Å². The van der Waals surface area contributed by atoms with Crippen LogP contribution < -0.4 is 5.32 Å². The zero-order valence-corrected chi connectivity index (χ0v) is 9.93. The van der Waals surface area contributed by atoms with Crippen LogP contribution in [0.1, 0.15) is 18.5 Å². The summed E-state index contributed by atoms with van der Waals surface area (Å²) in [6.45, 7) is 1.41. The molecule has 102 valence electrons. The zero-order chi connectivity index (χ0) is 13.5. The van der Waals surface area contributed by atoms with Crippen LogP contribution in [0.25, 0.3) is 0 Å². The minimum atomic E-state index is -2.50. The molecular formula is C12H15F4NO. The van der Waals surface area contributed by atoms with E-state index in [4.69, 9.17) is 0 Å². The molecule has 0 radical (unpaired) electrons. The van der Waals surface area contributed by atoms with Gasteiger partial charge in [-0.25, -0.2) is 17.6 Å². The third-order valence-electron chi connectivity index (χ3n) is 2.39. The van der Waals surface area contributed by atoms with Gasteiger partial charge in [-0.3, -0.25) is 0 Å². The van der Waals surface area contributed by atoms with Gasteiger partial charge in [0.1, 0.15) is 6.61 Å². The second-order valence-corrected chi connectivity index (χ2v) is 3.78. The van der Waals surface area contributed by atoms with Crippen molar-refractivity contribution in [2.24, 2.45) is 0 Å². The van der Waals surface area contributed by atoms with E-state index in [1.807, 2.05) is 0 Å². The summed E-state index contributed by atoms with van der Waals surface area (Å²) in [4.78, 5) is 0. The fourth-order valence-electron chi connectivity index (χ4n) is 1.48. The SMILES string of the molecule is CC(NCCOCC(F)F)c1cccc(F)c1F. The summed E-state index contributed by atoms with van der Waals surface area (Å²) in [5.41, 5.74) is 0.198. The van der Waals surface area contributed by atoms with E-state index in [2.05, 4.69) is 10.1 Å². The summed E-state index contributed by atoms with van der Waals surface area (Å²) in [6, 6.07) is 3.50. The van der Waals surface area contributed by atoms with Crippen molar-refractivity contribution >= 4 is 0 Å². The summed E-state index contributed by atoms with van der Waals surface area (Å²) in [7, 11) is 0.